The Labute approximate surface area is 92.2 Å². The van der Waals surface area contributed by atoms with Gasteiger partial charge < -0.3 is 0 Å². The summed E-state index contributed by atoms with van der Waals surface area (Å²) in [4.78, 5) is 3.70. The fourth-order valence-electron chi connectivity index (χ4n) is 0.760. The number of hydrogen-bond donors (Lipinski definition) is 0. The minimum Gasteiger partial charge on any atom is -0.258 e. The van der Waals surface area contributed by atoms with Crippen LogP contribution < -0.4 is 0 Å². The molecule has 1 aromatic heterocycles. The second kappa shape index (κ2) is 4.53. The lowest BCUT2D eigenvalue weighted by atomic mass is 10.2. The molecule has 0 saturated heterocycles. The zero-order valence-electron chi connectivity index (χ0n) is 6.20. The smallest absolute Gasteiger partial charge is 0.258 e. The van der Waals surface area contributed by atoms with E-state index >= 15 is 0 Å². The van der Waals surface area contributed by atoms with E-state index in [0.29, 0.717) is 5.69 Å². The van der Waals surface area contributed by atoms with Crippen LogP contribution in [0.4, 0.5) is 8.78 Å². The third-order valence-corrected chi connectivity index (χ3v) is 3.16. The molecule has 0 aliphatic heterocycles. The van der Waals surface area contributed by atoms with E-state index in [2.05, 4.69) is 20.9 Å². The molecule has 0 saturated carbocycles. The van der Waals surface area contributed by atoms with Gasteiger partial charge in [0.15, 0.2) is 0 Å². The zero-order valence-corrected chi connectivity index (χ0v) is 9.30. The lowest BCUT2D eigenvalue weighted by molar-refractivity contribution is 0.150. The molecule has 1 nitrogen and oxygen atoms in total. The topological polar surface area (TPSA) is 12.9 Å². The molecule has 1 heterocycles. The molecular weight excluding hydrogens is 287 g/mol. The highest BCUT2D eigenvalue weighted by atomic mass is 79.9. The second-order valence-electron chi connectivity index (χ2n) is 2.22. The number of hydrogen-bond acceptors (Lipinski definition) is 1. The number of aromatic nitrogens is 1. The number of nitrogens with zero attached hydrogens (tertiary/aromatic N) is 1. The first-order valence-corrected chi connectivity index (χ1v) is 4.95. The first-order valence-electron chi connectivity index (χ1n) is 3.24. The SMILES string of the molecule is FC(F)c1cnc(CCl)c(Cl)c1Br. The van der Waals surface area contributed by atoms with Crippen LogP contribution in [0.1, 0.15) is 17.7 Å². The number of pyridine rings is 1. The van der Waals surface area contributed by atoms with Gasteiger partial charge in [-0.05, 0) is 15.9 Å². The van der Waals surface area contributed by atoms with Crippen molar-refractivity contribution in [2.75, 3.05) is 0 Å². The van der Waals surface area contributed by atoms with Gasteiger partial charge in [0, 0.05) is 10.7 Å². The van der Waals surface area contributed by atoms with Crippen molar-refractivity contribution < 1.29 is 8.78 Å². The van der Waals surface area contributed by atoms with Gasteiger partial charge in [-0.1, -0.05) is 11.6 Å². The van der Waals surface area contributed by atoms with Crippen molar-refractivity contribution >= 4 is 39.1 Å². The Morgan fingerprint density at radius 3 is 2.62 bits per heavy atom. The van der Waals surface area contributed by atoms with Crippen LogP contribution in [-0.2, 0) is 5.88 Å². The average Bonchev–Trinajstić information content (AvgIpc) is 2.09. The number of halogens is 5. The summed E-state index contributed by atoms with van der Waals surface area (Å²) in [5.74, 6) is 0.0982. The second-order valence-corrected chi connectivity index (χ2v) is 3.66. The number of alkyl halides is 3. The summed E-state index contributed by atoms with van der Waals surface area (Å²) in [6, 6.07) is 0. The van der Waals surface area contributed by atoms with Crippen LogP contribution in [0.5, 0.6) is 0 Å². The Bertz CT molecular complexity index is 320. The molecule has 0 bridgehead atoms. The fourth-order valence-corrected chi connectivity index (χ4v) is 1.76. The Balaban J connectivity index is 3.23. The summed E-state index contributed by atoms with van der Waals surface area (Å²) in [5, 5.41) is 0.146. The summed E-state index contributed by atoms with van der Waals surface area (Å²) in [6.45, 7) is 0. The molecule has 1 aromatic rings. The van der Waals surface area contributed by atoms with Crippen molar-refractivity contribution in [1.29, 1.82) is 0 Å². The van der Waals surface area contributed by atoms with Crippen LogP contribution >= 0.6 is 39.1 Å². The van der Waals surface area contributed by atoms with Crippen molar-refractivity contribution in [3.8, 4) is 0 Å². The molecule has 0 amide bonds. The molecule has 0 fully saturated rings. The molecule has 0 spiro atoms. The maximum atomic E-state index is 12.3. The van der Waals surface area contributed by atoms with E-state index in [1.807, 2.05) is 0 Å². The van der Waals surface area contributed by atoms with Gasteiger partial charge in [-0.15, -0.1) is 11.6 Å². The van der Waals surface area contributed by atoms with Gasteiger partial charge in [0.05, 0.1) is 22.2 Å². The normalized spacial score (nSPS) is 10.9. The quantitative estimate of drug-likeness (QED) is 0.745. The van der Waals surface area contributed by atoms with Gasteiger partial charge in [0.25, 0.3) is 6.43 Å². The molecular formula is C7H4BrCl2F2N. The summed E-state index contributed by atoms with van der Waals surface area (Å²) >= 11 is 14.2. The maximum absolute atomic E-state index is 12.3. The highest BCUT2D eigenvalue weighted by molar-refractivity contribution is 9.10. The van der Waals surface area contributed by atoms with E-state index in [1.54, 1.807) is 0 Å². The van der Waals surface area contributed by atoms with E-state index in [-0.39, 0.29) is 20.9 Å². The van der Waals surface area contributed by atoms with Crippen LogP contribution in [0.25, 0.3) is 0 Å². The Kier molecular flexibility index (Phi) is 3.88. The summed E-state index contributed by atoms with van der Waals surface area (Å²) in [5.41, 5.74) is 0.165. The highest BCUT2D eigenvalue weighted by Crippen LogP contribution is 2.34. The van der Waals surface area contributed by atoms with Crippen molar-refractivity contribution in [3.63, 3.8) is 0 Å². The third kappa shape index (κ3) is 2.30. The third-order valence-electron chi connectivity index (χ3n) is 1.42. The van der Waals surface area contributed by atoms with Gasteiger partial charge in [-0.25, -0.2) is 8.78 Å². The minimum absolute atomic E-state index is 0.0982. The van der Waals surface area contributed by atoms with E-state index in [1.165, 1.54) is 0 Å². The average molecular weight is 291 g/mol. The standard InChI is InChI=1S/C7H4BrCl2F2N/c8-5-3(7(11)12)2-13-4(1-9)6(5)10/h2,7H,1H2. The van der Waals surface area contributed by atoms with E-state index in [0.717, 1.165) is 6.20 Å². The first kappa shape index (κ1) is 11.1. The Hall–Kier alpha value is 0.0700. The van der Waals surface area contributed by atoms with Gasteiger partial charge in [-0.2, -0.15) is 0 Å². The van der Waals surface area contributed by atoms with E-state index in [9.17, 15) is 8.78 Å². The zero-order chi connectivity index (χ0) is 10.0. The van der Waals surface area contributed by atoms with Crippen LogP contribution in [0.15, 0.2) is 10.7 Å². The predicted octanol–water partition coefficient (Wildman–Crippen LogP) is 4.17. The Morgan fingerprint density at radius 2 is 2.15 bits per heavy atom. The summed E-state index contributed by atoms with van der Waals surface area (Å²) in [7, 11) is 0. The molecule has 0 N–H and O–H groups in total. The van der Waals surface area contributed by atoms with Crippen molar-refractivity contribution in [3.05, 3.63) is 26.9 Å². The molecule has 72 valence electrons. The van der Waals surface area contributed by atoms with E-state index in [4.69, 9.17) is 23.2 Å². The van der Waals surface area contributed by atoms with Crippen molar-refractivity contribution in [2.45, 2.75) is 12.3 Å². The van der Waals surface area contributed by atoms with E-state index < -0.39 is 6.43 Å². The molecule has 0 aliphatic carbocycles. The number of rotatable bonds is 2. The molecule has 0 unspecified atom stereocenters. The predicted molar refractivity (Wildman–Crippen MR) is 51.5 cm³/mol. The summed E-state index contributed by atoms with van der Waals surface area (Å²) in [6.07, 6.45) is -1.53. The van der Waals surface area contributed by atoms with Crippen LogP contribution in [0, 0.1) is 0 Å². The van der Waals surface area contributed by atoms with Gasteiger partial charge >= 0.3 is 0 Å². The molecule has 0 aliphatic rings. The summed E-state index contributed by atoms with van der Waals surface area (Å²) < 4.78 is 24.7. The van der Waals surface area contributed by atoms with Crippen molar-refractivity contribution in [2.24, 2.45) is 0 Å². The largest absolute Gasteiger partial charge is 0.266 e. The van der Waals surface area contributed by atoms with Crippen LogP contribution in [-0.4, -0.2) is 4.98 Å². The maximum Gasteiger partial charge on any atom is 0.266 e. The highest BCUT2D eigenvalue weighted by Gasteiger charge is 2.16. The fraction of sp³-hybridized carbons (Fsp3) is 0.286. The lowest BCUT2D eigenvalue weighted by Crippen LogP contribution is -1.94. The van der Waals surface area contributed by atoms with Crippen LogP contribution in [0.3, 0.4) is 0 Å². The van der Waals surface area contributed by atoms with Gasteiger partial charge in [0.1, 0.15) is 0 Å². The molecule has 0 aromatic carbocycles. The molecule has 1 rings (SSSR count). The van der Waals surface area contributed by atoms with Crippen LogP contribution in [0.2, 0.25) is 5.02 Å². The Morgan fingerprint density at radius 1 is 1.54 bits per heavy atom. The molecule has 0 atom stereocenters. The van der Waals surface area contributed by atoms with Gasteiger partial charge in [0.2, 0.25) is 0 Å². The first-order chi connectivity index (χ1) is 6.07. The minimum atomic E-state index is -2.59. The molecule has 0 radical (unpaired) electrons. The monoisotopic (exact) mass is 289 g/mol. The van der Waals surface area contributed by atoms with Crippen molar-refractivity contribution in [1.82, 2.24) is 4.98 Å². The van der Waals surface area contributed by atoms with Gasteiger partial charge in [-0.3, -0.25) is 4.98 Å². The lowest BCUT2D eigenvalue weighted by Gasteiger charge is -2.06. The molecule has 13 heavy (non-hydrogen) atoms. The molecule has 6 heteroatoms.